The van der Waals surface area contributed by atoms with Crippen LogP contribution in [0.1, 0.15) is 39.0 Å². The first-order valence-corrected chi connectivity index (χ1v) is 6.18. The van der Waals surface area contributed by atoms with Crippen molar-refractivity contribution in [1.82, 2.24) is 10.2 Å². The van der Waals surface area contributed by atoms with E-state index in [0.717, 1.165) is 18.9 Å². The molecular weight excluding hydrogens is 224 g/mol. The topological polar surface area (TPSA) is 32.3 Å². The SMILES string of the molecule is CC1CCC(N(C)C(=O)[C@H]2CCN2)CC1.Cl. The van der Waals surface area contributed by atoms with Gasteiger partial charge in [0.25, 0.3) is 0 Å². The van der Waals surface area contributed by atoms with E-state index in [4.69, 9.17) is 0 Å². The molecule has 0 radical (unpaired) electrons. The quantitative estimate of drug-likeness (QED) is 0.806. The van der Waals surface area contributed by atoms with Gasteiger partial charge in [0.05, 0.1) is 6.04 Å². The summed E-state index contributed by atoms with van der Waals surface area (Å²) >= 11 is 0. The van der Waals surface area contributed by atoms with Crippen LogP contribution >= 0.6 is 12.4 Å². The third-order valence-electron chi connectivity index (χ3n) is 4.00. The Morgan fingerprint density at radius 1 is 1.19 bits per heavy atom. The minimum Gasteiger partial charge on any atom is -0.341 e. The molecule has 2 fully saturated rings. The van der Waals surface area contributed by atoms with E-state index in [9.17, 15) is 4.79 Å². The number of carbonyl (C=O) groups excluding carboxylic acids is 1. The van der Waals surface area contributed by atoms with Gasteiger partial charge in [-0.05, 0) is 44.6 Å². The number of halogens is 1. The highest BCUT2D eigenvalue weighted by Crippen LogP contribution is 2.27. The van der Waals surface area contributed by atoms with Crippen LogP contribution in [0.4, 0.5) is 0 Å². The Morgan fingerprint density at radius 3 is 2.19 bits per heavy atom. The molecule has 1 heterocycles. The van der Waals surface area contributed by atoms with Crippen LogP contribution in [0.5, 0.6) is 0 Å². The molecule has 4 heteroatoms. The van der Waals surface area contributed by atoms with Gasteiger partial charge in [-0.25, -0.2) is 0 Å². The highest BCUT2D eigenvalue weighted by atomic mass is 35.5. The van der Waals surface area contributed by atoms with Crippen molar-refractivity contribution in [2.45, 2.75) is 51.1 Å². The summed E-state index contributed by atoms with van der Waals surface area (Å²) < 4.78 is 0. The van der Waals surface area contributed by atoms with Crippen molar-refractivity contribution in [3.63, 3.8) is 0 Å². The van der Waals surface area contributed by atoms with Gasteiger partial charge in [-0.2, -0.15) is 0 Å². The zero-order valence-corrected chi connectivity index (χ0v) is 11.1. The van der Waals surface area contributed by atoms with Crippen molar-refractivity contribution < 1.29 is 4.79 Å². The Bertz CT molecular complexity index is 235. The van der Waals surface area contributed by atoms with E-state index in [2.05, 4.69) is 12.2 Å². The molecule has 1 aliphatic heterocycles. The third kappa shape index (κ3) is 2.89. The van der Waals surface area contributed by atoms with E-state index in [0.29, 0.717) is 11.9 Å². The van der Waals surface area contributed by atoms with E-state index in [1.165, 1.54) is 25.7 Å². The Kier molecular flexibility index (Phi) is 5.06. The van der Waals surface area contributed by atoms with E-state index >= 15 is 0 Å². The maximum absolute atomic E-state index is 12.0. The molecule has 16 heavy (non-hydrogen) atoms. The van der Waals surface area contributed by atoms with Crippen molar-refractivity contribution >= 4 is 18.3 Å². The molecule has 0 unspecified atom stereocenters. The van der Waals surface area contributed by atoms with Crippen molar-refractivity contribution in [1.29, 1.82) is 0 Å². The summed E-state index contributed by atoms with van der Waals surface area (Å²) in [5, 5.41) is 3.18. The predicted octanol–water partition coefficient (Wildman–Crippen LogP) is 1.81. The zero-order valence-electron chi connectivity index (χ0n) is 10.2. The lowest BCUT2D eigenvalue weighted by Crippen LogP contribution is -2.55. The number of nitrogens with zero attached hydrogens (tertiary/aromatic N) is 1. The van der Waals surface area contributed by atoms with Crippen LogP contribution in [0.15, 0.2) is 0 Å². The molecule has 1 atom stereocenters. The summed E-state index contributed by atoms with van der Waals surface area (Å²) in [6.07, 6.45) is 5.96. The second kappa shape index (κ2) is 5.87. The Balaban J connectivity index is 0.00000128. The van der Waals surface area contributed by atoms with Gasteiger partial charge in [0.15, 0.2) is 0 Å². The molecule has 1 saturated heterocycles. The van der Waals surface area contributed by atoms with Crippen LogP contribution < -0.4 is 5.32 Å². The number of likely N-dealkylation sites (N-methyl/N-ethyl adjacent to an activating group) is 1. The lowest BCUT2D eigenvalue weighted by Gasteiger charge is -2.37. The highest BCUT2D eigenvalue weighted by Gasteiger charge is 2.31. The molecule has 1 saturated carbocycles. The molecule has 0 spiro atoms. The molecule has 0 aromatic heterocycles. The normalized spacial score (nSPS) is 33.5. The van der Waals surface area contributed by atoms with E-state index in [1.807, 2.05) is 11.9 Å². The monoisotopic (exact) mass is 246 g/mol. The number of nitrogens with one attached hydrogen (secondary N) is 1. The number of hydrogen-bond donors (Lipinski definition) is 1. The molecular formula is C12H23ClN2O. The van der Waals surface area contributed by atoms with E-state index < -0.39 is 0 Å². The first kappa shape index (κ1) is 13.8. The van der Waals surface area contributed by atoms with Gasteiger partial charge in [-0.15, -0.1) is 12.4 Å². The van der Waals surface area contributed by atoms with Gasteiger partial charge < -0.3 is 10.2 Å². The molecule has 1 aliphatic carbocycles. The van der Waals surface area contributed by atoms with Crippen molar-refractivity contribution in [2.24, 2.45) is 5.92 Å². The summed E-state index contributed by atoms with van der Waals surface area (Å²) in [6.45, 7) is 3.32. The molecule has 2 rings (SSSR count). The molecule has 0 bridgehead atoms. The lowest BCUT2D eigenvalue weighted by atomic mass is 9.86. The summed E-state index contributed by atoms with van der Waals surface area (Å²) in [6, 6.07) is 0.616. The summed E-state index contributed by atoms with van der Waals surface area (Å²) in [4.78, 5) is 14.0. The van der Waals surface area contributed by atoms with Crippen LogP contribution in [0.25, 0.3) is 0 Å². The average Bonchev–Trinajstić information content (AvgIpc) is 2.15. The van der Waals surface area contributed by atoms with Gasteiger partial charge >= 0.3 is 0 Å². The largest absolute Gasteiger partial charge is 0.341 e. The minimum atomic E-state index is 0. The summed E-state index contributed by atoms with van der Waals surface area (Å²) in [5.41, 5.74) is 0. The predicted molar refractivity (Wildman–Crippen MR) is 67.8 cm³/mol. The first-order chi connectivity index (χ1) is 7.18. The summed E-state index contributed by atoms with van der Waals surface area (Å²) in [5.74, 6) is 1.16. The number of carbonyl (C=O) groups is 1. The van der Waals surface area contributed by atoms with Crippen LogP contribution in [0.3, 0.4) is 0 Å². The average molecular weight is 247 g/mol. The van der Waals surface area contributed by atoms with E-state index in [1.54, 1.807) is 0 Å². The van der Waals surface area contributed by atoms with Gasteiger partial charge in [0, 0.05) is 13.1 Å². The maximum Gasteiger partial charge on any atom is 0.239 e. The Hall–Kier alpha value is -0.280. The Labute approximate surface area is 104 Å². The fraction of sp³-hybridized carbons (Fsp3) is 0.917. The molecule has 3 nitrogen and oxygen atoms in total. The smallest absolute Gasteiger partial charge is 0.239 e. The standard InChI is InChI=1S/C12H22N2O.ClH/c1-9-3-5-10(6-4-9)14(2)12(15)11-7-8-13-11;/h9-11,13H,3-8H2,1-2H3;1H/t9?,10?,11-;/m1./s1. The molecule has 0 aromatic carbocycles. The zero-order chi connectivity index (χ0) is 10.8. The van der Waals surface area contributed by atoms with Crippen LogP contribution in [0, 0.1) is 5.92 Å². The van der Waals surface area contributed by atoms with Crippen LogP contribution in [0.2, 0.25) is 0 Å². The molecule has 94 valence electrons. The second-order valence-corrected chi connectivity index (χ2v) is 5.16. The van der Waals surface area contributed by atoms with Crippen molar-refractivity contribution in [3.8, 4) is 0 Å². The highest BCUT2D eigenvalue weighted by molar-refractivity contribution is 5.85. The minimum absolute atomic E-state index is 0. The van der Waals surface area contributed by atoms with Crippen LogP contribution in [-0.2, 0) is 4.79 Å². The fourth-order valence-electron chi connectivity index (χ4n) is 2.55. The number of hydrogen-bond acceptors (Lipinski definition) is 2. The maximum atomic E-state index is 12.0. The molecule has 1 N–H and O–H groups in total. The fourth-order valence-corrected chi connectivity index (χ4v) is 2.55. The van der Waals surface area contributed by atoms with Crippen molar-refractivity contribution in [2.75, 3.05) is 13.6 Å². The third-order valence-corrected chi connectivity index (χ3v) is 4.00. The molecule has 1 amide bonds. The van der Waals surface area contributed by atoms with Gasteiger partial charge in [0.1, 0.15) is 0 Å². The van der Waals surface area contributed by atoms with Crippen LogP contribution in [-0.4, -0.2) is 36.5 Å². The van der Waals surface area contributed by atoms with Crippen molar-refractivity contribution in [3.05, 3.63) is 0 Å². The number of amides is 1. The second-order valence-electron chi connectivity index (χ2n) is 5.16. The Morgan fingerprint density at radius 2 is 1.75 bits per heavy atom. The lowest BCUT2D eigenvalue weighted by molar-refractivity contribution is -0.136. The molecule has 2 aliphatic rings. The summed E-state index contributed by atoms with van der Waals surface area (Å²) in [7, 11) is 1.98. The number of rotatable bonds is 2. The van der Waals surface area contributed by atoms with Gasteiger partial charge in [0.2, 0.25) is 5.91 Å². The first-order valence-electron chi connectivity index (χ1n) is 6.18. The van der Waals surface area contributed by atoms with E-state index in [-0.39, 0.29) is 18.4 Å². The molecule has 0 aromatic rings. The van der Waals surface area contributed by atoms with Gasteiger partial charge in [-0.1, -0.05) is 6.92 Å². The van der Waals surface area contributed by atoms with Gasteiger partial charge in [-0.3, -0.25) is 4.79 Å².